The maximum atomic E-state index is 13.6. The predicted octanol–water partition coefficient (Wildman–Crippen LogP) is 2.63. The molecule has 124 valence electrons. The van der Waals surface area contributed by atoms with Crippen LogP contribution in [-0.4, -0.2) is 44.5 Å². The molecular weight excluding hydrogens is 299 g/mol. The summed E-state index contributed by atoms with van der Waals surface area (Å²) in [5.41, 5.74) is 0.875. The number of hydrogen-bond donors (Lipinski definition) is 2. The van der Waals surface area contributed by atoms with E-state index in [0.29, 0.717) is 11.4 Å². The Hall–Kier alpha value is -2.41. The molecule has 23 heavy (non-hydrogen) atoms. The Morgan fingerprint density at radius 2 is 2.17 bits per heavy atom. The molecule has 0 spiro atoms. The number of rotatable bonds is 5. The molecule has 0 aliphatic heterocycles. The Labute approximate surface area is 134 Å². The molecule has 0 radical (unpaired) electrons. The molecule has 1 atom stereocenters. The van der Waals surface area contributed by atoms with E-state index in [1.165, 1.54) is 17.0 Å². The fraction of sp³-hybridized carbons (Fsp3) is 0.375. The molecule has 2 aromatic rings. The molecule has 1 aromatic carbocycles. The first kappa shape index (κ1) is 17.0. The van der Waals surface area contributed by atoms with E-state index < -0.39 is 18.0 Å². The highest BCUT2D eigenvalue weighted by atomic mass is 19.1. The molecule has 6 nitrogen and oxygen atoms in total. The summed E-state index contributed by atoms with van der Waals surface area (Å²) < 4.78 is 15.1. The fourth-order valence-electron chi connectivity index (χ4n) is 2.22. The first-order valence-electron chi connectivity index (χ1n) is 7.43. The normalized spacial score (nSPS) is 12.3. The van der Waals surface area contributed by atoms with Crippen molar-refractivity contribution in [3.05, 3.63) is 42.5 Å². The van der Waals surface area contributed by atoms with E-state index in [2.05, 4.69) is 10.4 Å². The average molecular weight is 320 g/mol. The van der Waals surface area contributed by atoms with E-state index >= 15 is 0 Å². The van der Waals surface area contributed by atoms with Crippen LogP contribution >= 0.6 is 0 Å². The molecule has 7 heteroatoms. The lowest BCUT2D eigenvalue weighted by Crippen LogP contribution is -2.44. The second-order valence-corrected chi connectivity index (χ2v) is 5.64. The SMILES string of the molecule is CC(O)CN(C(=O)Nc1cc(F)ccc1-n1cccn1)C(C)C. The largest absolute Gasteiger partial charge is 0.392 e. The molecule has 0 fully saturated rings. The van der Waals surface area contributed by atoms with Gasteiger partial charge in [0.2, 0.25) is 0 Å². The van der Waals surface area contributed by atoms with Crippen LogP contribution in [-0.2, 0) is 0 Å². The molecule has 2 N–H and O–H groups in total. The van der Waals surface area contributed by atoms with Crippen molar-refractivity contribution in [2.24, 2.45) is 0 Å². The standard InChI is InChI=1S/C16H21FN4O2/c1-11(2)20(10-12(3)22)16(23)19-14-9-13(17)5-6-15(14)21-8-4-7-18-21/h4-9,11-12,22H,10H2,1-3H3,(H,19,23). The maximum Gasteiger partial charge on any atom is 0.322 e. The minimum absolute atomic E-state index is 0.105. The zero-order valence-electron chi connectivity index (χ0n) is 13.4. The first-order chi connectivity index (χ1) is 10.9. The minimum Gasteiger partial charge on any atom is -0.392 e. The number of nitrogens with one attached hydrogen (secondary N) is 1. The van der Waals surface area contributed by atoms with Crippen LogP contribution in [0.5, 0.6) is 0 Å². The number of carbonyl (C=O) groups excluding carboxylic acids is 1. The summed E-state index contributed by atoms with van der Waals surface area (Å²) in [7, 11) is 0. The highest BCUT2D eigenvalue weighted by Crippen LogP contribution is 2.21. The molecule has 2 amide bonds. The molecule has 1 heterocycles. The van der Waals surface area contributed by atoms with Crippen molar-refractivity contribution in [2.45, 2.75) is 32.9 Å². The molecule has 0 saturated heterocycles. The number of urea groups is 1. The van der Waals surface area contributed by atoms with Crippen LogP contribution in [0, 0.1) is 5.82 Å². The van der Waals surface area contributed by atoms with Gasteiger partial charge in [-0.1, -0.05) is 0 Å². The zero-order valence-corrected chi connectivity index (χ0v) is 13.4. The van der Waals surface area contributed by atoms with E-state index in [-0.39, 0.29) is 12.6 Å². The molecule has 0 bridgehead atoms. The maximum absolute atomic E-state index is 13.6. The summed E-state index contributed by atoms with van der Waals surface area (Å²) in [5.74, 6) is -0.456. The van der Waals surface area contributed by atoms with E-state index in [0.717, 1.165) is 0 Å². The van der Waals surface area contributed by atoms with Gasteiger partial charge < -0.3 is 15.3 Å². The topological polar surface area (TPSA) is 70.4 Å². The van der Waals surface area contributed by atoms with Gasteiger partial charge in [0.1, 0.15) is 5.82 Å². The van der Waals surface area contributed by atoms with Crippen LogP contribution in [0.3, 0.4) is 0 Å². The highest BCUT2D eigenvalue weighted by molar-refractivity contribution is 5.91. The third-order valence-corrected chi connectivity index (χ3v) is 3.30. The summed E-state index contributed by atoms with van der Waals surface area (Å²) >= 11 is 0. The van der Waals surface area contributed by atoms with Crippen molar-refractivity contribution in [1.82, 2.24) is 14.7 Å². The van der Waals surface area contributed by atoms with Gasteiger partial charge in [0, 0.05) is 25.0 Å². The summed E-state index contributed by atoms with van der Waals surface area (Å²) in [4.78, 5) is 14.0. The number of aromatic nitrogens is 2. The van der Waals surface area contributed by atoms with Gasteiger partial charge in [-0.05, 0) is 45.0 Å². The Morgan fingerprint density at radius 3 is 2.74 bits per heavy atom. The Balaban J connectivity index is 2.28. The Bertz CT molecular complexity index is 656. The lowest BCUT2D eigenvalue weighted by molar-refractivity contribution is 0.125. The molecule has 2 rings (SSSR count). The third kappa shape index (κ3) is 4.29. The highest BCUT2D eigenvalue weighted by Gasteiger charge is 2.20. The fourth-order valence-corrected chi connectivity index (χ4v) is 2.22. The smallest absolute Gasteiger partial charge is 0.322 e. The number of hydrogen-bond acceptors (Lipinski definition) is 3. The second-order valence-electron chi connectivity index (χ2n) is 5.64. The van der Waals surface area contributed by atoms with Crippen molar-refractivity contribution in [2.75, 3.05) is 11.9 Å². The number of halogens is 1. The average Bonchev–Trinajstić information content (AvgIpc) is 2.98. The number of benzene rings is 1. The minimum atomic E-state index is -0.652. The monoisotopic (exact) mass is 320 g/mol. The third-order valence-electron chi connectivity index (χ3n) is 3.30. The molecule has 0 aliphatic carbocycles. The van der Waals surface area contributed by atoms with Gasteiger partial charge in [-0.15, -0.1) is 0 Å². The number of amides is 2. The number of anilines is 1. The molecular formula is C16H21FN4O2. The van der Waals surface area contributed by atoms with Gasteiger partial charge in [0.25, 0.3) is 0 Å². The van der Waals surface area contributed by atoms with Crippen molar-refractivity contribution in [3.63, 3.8) is 0 Å². The van der Waals surface area contributed by atoms with E-state index in [1.807, 2.05) is 13.8 Å². The van der Waals surface area contributed by atoms with Crippen LogP contribution < -0.4 is 5.32 Å². The van der Waals surface area contributed by atoms with E-state index in [1.54, 1.807) is 36.1 Å². The zero-order chi connectivity index (χ0) is 17.0. The number of carbonyl (C=O) groups is 1. The molecule has 1 aromatic heterocycles. The summed E-state index contributed by atoms with van der Waals surface area (Å²) in [5, 5.41) is 16.3. The van der Waals surface area contributed by atoms with Crippen LogP contribution in [0.1, 0.15) is 20.8 Å². The van der Waals surface area contributed by atoms with E-state index in [9.17, 15) is 14.3 Å². The molecule has 0 saturated carbocycles. The number of aliphatic hydroxyl groups excluding tert-OH is 1. The van der Waals surface area contributed by atoms with Gasteiger partial charge in [0.15, 0.2) is 0 Å². The van der Waals surface area contributed by atoms with Gasteiger partial charge in [-0.2, -0.15) is 5.10 Å². The van der Waals surface area contributed by atoms with Gasteiger partial charge >= 0.3 is 6.03 Å². The van der Waals surface area contributed by atoms with Crippen molar-refractivity contribution in [3.8, 4) is 5.69 Å². The quantitative estimate of drug-likeness (QED) is 0.890. The van der Waals surface area contributed by atoms with Crippen molar-refractivity contribution < 1.29 is 14.3 Å². The lowest BCUT2D eigenvalue weighted by Gasteiger charge is -2.28. The van der Waals surface area contributed by atoms with Gasteiger partial charge in [-0.3, -0.25) is 0 Å². The predicted molar refractivity (Wildman–Crippen MR) is 86.1 cm³/mol. The van der Waals surface area contributed by atoms with Crippen LogP contribution in [0.15, 0.2) is 36.7 Å². The van der Waals surface area contributed by atoms with Gasteiger partial charge in [0.05, 0.1) is 17.5 Å². The number of nitrogens with zero attached hydrogens (tertiary/aromatic N) is 3. The van der Waals surface area contributed by atoms with Gasteiger partial charge in [-0.25, -0.2) is 13.9 Å². The first-order valence-corrected chi connectivity index (χ1v) is 7.43. The second kappa shape index (κ2) is 7.23. The molecule has 1 unspecified atom stereocenters. The van der Waals surface area contributed by atoms with Crippen LogP contribution in [0.25, 0.3) is 5.69 Å². The summed E-state index contributed by atoms with van der Waals surface area (Å²) in [6.45, 7) is 5.50. The van der Waals surface area contributed by atoms with Crippen molar-refractivity contribution in [1.29, 1.82) is 0 Å². The van der Waals surface area contributed by atoms with E-state index in [4.69, 9.17) is 0 Å². The molecule has 0 aliphatic rings. The Kier molecular flexibility index (Phi) is 5.33. The number of aliphatic hydroxyl groups is 1. The summed E-state index contributed by atoms with van der Waals surface area (Å²) in [6.07, 6.45) is 2.66. The van der Waals surface area contributed by atoms with Crippen LogP contribution in [0.4, 0.5) is 14.9 Å². The Morgan fingerprint density at radius 1 is 1.43 bits per heavy atom. The van der Waals surface area contributed by atoms with Crippen molar-refractivity contribution >= 4 is 11.7 Å². The van der Waals surface area contributed by atoms with Crippen LogP contribution in [0.2, 0.25) is 0 Å². The lowest BCUT2D eigenvalue weighted by atomic mass is 10.2. The summed E-state index contributed by atoms with van der Waals surface area (Å²) in [6, 6.07) is 5.33.